The Kier molecular flexibility index (Phi) is 14.4. The first-order valence-electron chi connectivity index (χ1n) is 2.10. The van der Waals surface area contributed by atoms with Crippen LogP contribution < -0.4 is 0 Å². The van der Waals surface area contributed by atoms with Crippen molar-refractivity contribution in [3.8, 4) is 0 Å². The first-order valence-corrected chi connectivity index (χ1v) is 2.10. The van der Waals surface area contributed by atoms with Crippen LogP contribution in [0.4, 0.5) is 0 Å². The maximum Gasteiger partial charge on any atom is 0.0697 e. The van der Waals surface area contributed by atoms with E-state index in [1.807, 2.05) is 6.92 Å². The minimum absolute atomic E-state index is 0. The van der Waals surface area contributed by atoms with Gasteiger partial charge < -0.3 is 9.84 Å². The zero-order valence-corrected chi connectivity index (χ0v) is 5.22. The van der Waals surface area contributed by atoms with E-state index < -0.39 is 0 Å². The first kappa shape index (κ1) is 10.4. The van der Waals surface area contributed by atoms with Crippen molar-refractivity contribution in [3.63, 3.8) is 0 Å². The Labute approximate surface area is 54.3 Å². The molecule has 0 aliphatic heterocycles. The van der Waals surface area contributed by atoms with Crippen LogP contribution in [0.25, 0.3) is 0 Å². The Morgan fingerprint density at radius 2 is 2.14 bits per heavy atom. The first-order chi connectivity index (χ1) is 2.91. The molecule has 1 N–H and O–H groups in total. The maximum absolute atomic E-state index is 8.07. The second kappa shape index (κ2) is 9.67. The molecular formula is C4H10CuO2. The summed E-state index contributed by atoms with van der Waals surface area (Å²) in [5, 5.41) is 8.07. The maximum atomic E-state index is 8.07. The van der Waals surface area contributed by atoms with Gasteiger partial charge in [0.2, 0.25) is 0 Å². The van der Waals surface area contributed by atoms with Gasteiger partial charge in [-0.15, -0.1) is 0 Å². The summed E-state index contributed by atoms with van der Waals surface area (Å²) in [7, 11) is 0. The summed E-state index contributed by atoms with van der Waals surface area (Å²) in [6, 6.07) is 0. The zero-order chi connectivity index (χ0) is 4.83. The van der Waals surface area contributed by atoms with Gasteiger partial charge in [0.15, 0.2) is 0 Å². The second-order valence-electron chi connectivity index (χ2n) is 0.921. The molecule has 0 aliphatic carbocycles. The van der Waals surface area contributed by atoms with Gasteiger partial charge in [-0.2, -0.15) is 0 Å². The second-order valence-corrected chi connectivity index (χ2v) is 0.921. The summed E-state index contributed by atoms with van der Waals surface area (Å²) in [5.41, 5.74) is 0. The molecule has 0 unspecified atom stereocenters. The molecule has 0 aliphatic rings. The van der Waals surface area contributed by atoms with Gasteiger partial charge in [0, 0.05) is 23.7 Å². The fourth-order valence-corrected chi connectivity index (χ4v) is 0.209. The van der Waals surface area contributed by atoms with Gasteiger partial charge in [-0.25, -0.2) is 0 Å². The summed E-state index contributed by atoms with van der Waals surface area (Å²) >= 11 is 0. The van der Waals surface area contributed by atoms with Crippen LogP contribution in [0.15, 0.2) is 0 Å². The predicted molar refractivity (Wildman–Crippen MR) is 23.6 cm³/mol. The molecule has 0 aromatic carbocycles. The van der Waals surface area contributed by atoms with E-state index in [0.717, 1.165) is 0 Å². The summed E-state index contributed by atoms with van der Waals surface area (Å²) in [6.45, 7) is 3.20. The van der Waals surface area contributed by atoms with Crippen LogP contribution in [0.2, 0.25) is 0 Å². The number of rotatable bonds is 3. The third-order valence-corrected chi connectivity index (χ3v) is 0.440. The average molecular weight is 154 g/mol. The van der Waals surface area contributed by atoms with E-state index in [4.69, 9.17) is 9.84 Å². The van der Waals surface area contributed by atoms with Crippen LogP contribution in [0.3, 0.4) is 0 Å². The van der Waals surface area contributed by atoms with Crippen molar-refractivity contribution in [3.05, 3.63) is 0 Å². The summed E-state index contributed by atoms with van der Waals surface area (Å²) in [4.78, 5) is 0. The minimum Gasteiger partial charge on any atom is -0.394 e. The van der Waals surface area contributed by atoms with E-state index in [1.54, 1.807) is 0 Å². The fourth-order valence-electron chi connectivity index (χ4n) is 0.209. The number of hydrogen-bond donors (Lipinski definition) is 1. The van der Waals surface area contributed by atoms with Crippen LogP contribution in [-0.4, -0.2) is 24.9 Å². The molecule has 7 heavy (non-hydrogen) atoms. The standard InChI is InChI=1S/C4H10O2.Cu/c1-2-6-4-3-5;/h5H,2-4H2,1H3;. The molecule has 0 aromatic rings. The van der Waals surface area contributed by atoms with Crippen LogP contribution in [0, 0.1) is 0 Å². The Bertz CT molecular complexity index is 21.7. The van der Waals surface area contributed by atoms with Crippen molar-refractivity contribution in [1.29, 1.82) is 0 Å². The predicted octanol–water partition coefficient (Wildman–Crippen LogP) is 0.0127. The van der Waals surface area contributed by atoms with Crippen LogP contribution in [0.1, 0.15) is 6.92 Å². The fraction of sp³-hybridized carbons (Fsp3) is 1.00. The number of hydrogen-bond acceptors (Lipinski definition) is 2. The van der Waals surface area contributed by atoms with Crippen LogP contribution in [-0.2, 0) is 21.8 Å². The van der Waals surface area contributed by atoms with Crippen molar-refractivity contribution in [2.24, 2.45) is 0 Å². The van der Waals surface area contributed by atoms with Gasteiger partial charge in [-0.05, 0) is 6.92 Å². The van der Waals surface area contributed by atoms with Crippen molar-refractivity contribution < 1.29 is 26.9 Å². The molecule has 0 bridgehead atoms. The molecule has 0 aromatic heterocycles. The van der Waals surface area contributed by atoms with E-state index in [2.05, 4.69) is 0 Å². The molecular weight excluding hydrogens is 144 g/mol. The van der Waals surface area contributed by atoms with E-state index in [9.17, 15) is 0 Å². The number of aliphatic hydroxyl groups excluding tert-OH is 1. The molecule has 0 rings (SSSR count). The van der Waals surface area contributed by atoms with Gasteiger partial charge in [0.25, 0.3) is 0 Å². The Morgan fingerprint density at radius 1 is 1.57 bits per heavy atom. The van der Waals surface area contributed by atoms with E-state index in [1.165, 1.54) is 0 Å². The molecule has 49 valence electrons. The minimum atomic E-state index is 0. The third-order valence-electron chi connectivity index (χ3n) is 0.440. The third kappa shape index (κ3) is 10.7. The van der Waals surface area contributed by atoms with E-state index in [-0.39, 0.29) is 23.7 Å². The molecule has 0 fully saturated rings. The molecule has 3 heteroatoms. The molecule has 1 radical (unpaired) electrons. The van der Waals surface area contributed by atoms with Crippen molar-refractivity contribution in [2.45, 2.75) is 6.92 Å². The van der Waals surface area contributed by atoms with Gasteiger partial charge in [-0.1, -0.05) is 0 Å². The van der Waals surface area contributed by atoms with Gasteiger partial charge in [0.1, 0.15) is 0 Å². The topological polar surface area (TPSA) is 29.5 Å². The van der Waals surface area contributed by atoms with Gasteiger partial charge >= 0.3 is 0 Å². The smallest absolute Gasteiger partial charge is 0.0697 e. The zero-order valence-electron chi connectivity index (χ0n) is 4.28. The normalized spacial score (nSPS) is 7.71. The van der Waals surface area contributed by atoms with Crippen LogP contribution >= 0.6 is 0 Å². The van der Waals surface area contributed by atoms with Gasteiger partial charge in [0.05, 0.1) is 13.2 Å². The number of ether oxygens (including phenoxy) is 1. The van der Waals surface area contributed by atoms with Crippen LogP contribution in [0.5, 0.6) is 0 Å². The Hall–Kier alpha value is 0.439. The molecule has 0 saturated heterocycles. The largest absolute Gasteiger partial charge is 0.394 e. The Balaban J connectivity index is 0. The summed E-state index contributed by atoms with van der Waals surface area (Å²) in [5.74, 6) is 0. The summed E-state index contributed by atoms with van der Waals surface area (Å²) < 4.78 is 4.73. The molecule has 2 nitrogen and oxygen atoms in total. The Morgan fingerprint density at radius 3 is 2.29 bits per heavy atom. The van der Waals surface area contributed by atoms with E-state index >= 15 is 0 Å². The molecule has 0 amide bonds. The molecule has 0 spiro atoms. The van der Waals surface area contributed by atoms with E-state index in [0.29, 0.717) is 13.2 Å². The number of aliphatic hydroxyl groups is 1. The quantitative estimate of drug-likeness (QED) is 0.458. The van der Waals surface area contributed by atoms with Crippen molar-refractivity contribution in [1.82, 2.24) is 0 Å². The van der Waals surface area contributed by atoms with Crippen molar-refractivity contribution >= 4 is 0 Å². The SMILES string of the molecule is CCOCCO.[Cu]. The van der Waals surface area contributed by atoms with Gasteiger partial charge in [-0.3, -0.25) is 0 Å². The molecule has 0 saturated carbocycles. The average Bonchev–Trinajstić information content (AvgIpc) is 1.61. The monoisotopic (exact) mass is 153 g/mol. The molecule has 0 heterocycles. The summed E-state index contributed by atoms with van der Waals surface area (Å²) in [6.07, 6.45) is 0. The van der Waals surface area contributed by atoms with Crippen molar-refractivity contribution in [2.75, 3.05) is 19.8 Å². The molecule has 0 atom stereocenters.